The smallest absolute Gasteiger partial charge is 0.279 e. The largest absolute Gasteiger partial charge is 0.332 e. The van der Waals surface area contributed by atoms with Crippen molar-refractivity contribution in [1.82, 2.24) is 9.78 Å². The van der Waals surface area contributed by atoms with Gasteiger partial charge < -0.3 is 10.6 Å². The summed E-state index contributed by atoms with van der Waals surface area (Å²) in [6.07, 6.45) is 0. The molecule has 0 radical (unpaired) electrons. The third-order valence-corrected chi connectivity index (χ3v) is 5.23. The predicted octanol–water partition coefficient (Wildman–Crippen LogP) is 3.71. The van der Waals surface area contributed by atoms with Crippen molar-refractivity contribution in [2.75, 3.05) is 11.9 Å². The van der Waals surface area contributed by atoms with E-state index in [-0.39, 0.29) is 11.9 Å². The first kappa shape index (κ1) is 20.1. The maximum absolute atomic E-state index is 12.5. The SMILES string of the molecule is Cc1ccc(-n2nc(C)c(NC(=O)C[NH2+][C@H](C)c3ccccc3Cl)c2C)cc1. The molecule has 0 saturated carbocycles. The van der Waals surface area contributed by atoms with Crippen LogP contribution < -0.4 is 10.6 Å². The Morgan fingerprint density at radius 3 is 2.50 bits per heavy atom. The van der Waals surface area contributed by atoms with Crippen molar-refractivity contribution in [3.05, 3.63) is 76.1 Å². The average molecular weight is 398 g/mol. The normalized spacial score (nSPS) is 12.0. The van der Waals surface area contributed by atoms with Crippen molar-refractivity contribution < 1.29 is 10.1 Å². The van der Waals surface area contributed by atoms with Crippen molar-refractivity contribution in [2.24, 2.45) is 0 Å². The molecule has 146 valence electrons. The number of hydrogen-bond donors (Lipinski definition) is 2. The fourth-order valence-corrected chi connectivity index (χ4v) is 3.51. The summed E-state index contributed by atoms with van der Waals surface area (Å²) in [5.41, 5.74) is 5.67. The number of nitrogens with one attached hydrogen (secondary N) is 1. The summed E-state index contributed by atoms with van der Waals surface area (Å²) >= 11 is 6.24. The Morgan fingerprint density at radius 1 is 1.14 bits per heavy atom. The highest BCUT2D eigenvalue weighted by atomic mass is 35.5. The number of halogens is 1. The van der Waals surface area contributed by atoms with Crippen LogP contribution in [0.5, 0.6) is 0 Å². The van der Waals surface area contributed by atoms with E-state index in [1.54, 1.807) is 0 Å². The topological polar surface area (TPSA) is 63.5 Å². The molecular weight excluding hydrogens is 372 g/mol. The lowest BCUT2D eigenvalue weighted by Crippen LogP contribution is -2.86. The first-order valence-corrected chi connectivity index (χ1v) is 9.75. The summed E-state index contributed by atoms with van der Waals surface area (Å²) in [6, 6.07) is 16.0. The molecule has 0 fully saturated rings. The van der Waals surface area contributed by atoms with Gasteiger partial charge in [0.1, 0.15) is 6.04 Å². The van der Waals surface area contributed by atoms with Crippen LogP contribution in [0.25, 0.3) is 5.69 Å². The van der Waals surface area contributed by atoms with Gasteiger partial charge in [-0.1, -0.05) is 47.5 Å². The van der Waals surface area contributed by atoms with E-state index in [4.69, 9.17) is 11.6 Å². The van der Waals surface area contributed by atoms with Crippen LogP contribution in [-0.4, -0.2) is 22.2 Å². The van der Waals surface area contributed by atoms with E-state index < -0.39 is 0 Å². The van der Waals surface area contributed by atoms with E-state index in [0.717, 1.165) is 33.3 Å². The Hall–Kier alpha value is -2.63. The average Bonchev–Trinajstić information content (AvgIpc) is 2.95. The molecule has 3 N–H and O–H groups in total. The van der Waals surface area contributed by atoms with Crippen molar-refractivity contribution in [2.45, 2.75) is 33.7 Å². The molecule has 0 spiro atoms. The van der Waals surface area contributed by atoms with E-state index in [2.05, 4.69) is 29.5 Å². The van der Waals surface area contributed by atoms with Crippen molar-refractivity contribution >= 4 is 23.2 Å². The summed E-state index contributed by atoms with van der Waals surface area (Å²) in [7, 11) is 0. The Balaban J connectivity index is 1.67. The van der Waals surface area contributed by atoms with Crippen LogP contribution in [-0.2, 0) is 4.79 Å². The molecule has 2 aromatic carbocycles. The number of carbonyl (C=O) groups is 1. The van der Waals surface area contributed by atoms with E-state index in [9.17, 15) is 4.79 Å². The lowest BCUT2D eigenvalue weighted by molar-refractivity contribution is -0.682. The van der Waals surface area contributed by atoms with E-state index in [1.165, 1.54) is 5.56 Å². The highest BCUT2D eigenvalue weighted by molar-refractivity contribution is 6.31. The van der Waals surface area contributed by atoms with Crippen LogP contribution in [0.1, 0.15) is 35.5 Å². The van der Waals surface area contributed by atoms with Gasteiger partial charge in [-0.15, -0.1) is 0 Å². The van der Waals surface area contributed by atoms with Crippen LogP contribution >= 0.6 is 11.6 Å². The molecule has 1 amide bonds. The predicted molar refractivity (Wildman–Crippen MR) is 113 cm³/mol. The molecule has 0 aliphatic heterocycles. The van der Waals surface area contributed by atoms with Gasteiger partial charge in [-0.25, -0.2) is 4.68 Å². The second kappa shape index (κ2) is 8.59. The minimum atomic E-state index is -0.0615. The van der Waals surface area contributed by atoms with Crippen LogP contribution in [0.4, 0.5) is 5.69 Å². The first-order valence-electron chi connectivity index (χ1n) is 9.37. The molecule has 0 saturated heterocycles. The van der Waals surface area contributed by atoms with Crippen LogP contribution in [0.3, 0.4) is 0 Å². The minimum Gasteiger partial charge on any atom is -0.332 e. The van der Waals surface area contributed by atoms with Crippen molar-refractivity contribution in [3.63, 3.8) is 0 Å². The molecule has 6 heteroatoms. The molecule has 1 atom stereocenters. The van der Waals surface area contributed by atoms with Gasteiger partial charge in [-0.05, 0) is 45.9 Å². The molecule has 0 aliphatic rings. The van der Waals surface area contributed by atoms with Gasteiger partial charge in [-0.2, -0.15) is 5.10 Å². The number of benzene rings is 2. The number of amides is 1. The van der Waals surface area contributed by atoms with Gasteiger partial charge in [0, 0.05) is 10.6 Å². The zero-order valence-corrected chi connectivity index (χ0v) is 17.4. The molecule has 0 aliphatic carbocycles. The first-order chi connectivity index (χ1) is 13.4. The zero-order valence-electron chi connectivity index (χ0n) is 16.7. The monoisotopic (exact) mass is 397 g/mol. The fourth-order valence-electron chi connectivity index (χ4n) is 3.21. The zero-order chi connectivity index (χ0) is 20.3. The number of anilines is 1. The number of aromatic nitrogens is 2. The molecule has 1 heterocycles. The second-order valence-electron chi connectivity index (χ2n) is 7.09. The van der Waals surface area contributed by atoms with Gasteiger partial charge in [0.05, 0.1) is 22.8 Å². The fraction of sp³-hybridized carbons (Fsp3) is 0.273. The van der Waals surface area contributed by atoms with Crippen molar-refractivity contribution in [1.29, 1.82) is 0 Å². The molecule has 0 bridgehead atoms. The Morgan fingerprint density at radius 2 is 1.82 bits per heavy atom. The van der Waals surface area contributed by atoms with Crippen LogP contribution in [0.2, 0.25) is 5.02 Å². The molecule has 28 heavy (non-hydrogen) atoms. The maximum Gasteiger partial charge on any atom is 0.279 e. The quantitative estimate of drug-likeness (QED) is 0.665. The van der Waals surface area contributed by atoms with Crippen LogP contribution in [0, 0.1) is 20.8 Å². The van der Waals surface area contributed by atoms with E-state index >= 15 is 0 Å². The Bertz CT molecular complexity index is 979. The summed E-state index contributed by atoms with van der Waals surface area (Å²) in [5.74, 6) is -0.0615. The minimum absolute atomic E-state index is 0.0615. The lowest BCUT2D eigenvalue weighted by Gasteiger charge is -2.12. The van der Waals surface area contributed by atoms with Gasteiger partial charge in [0.15, 0.2) is 6.54 Å². The highest BCUT2D eigenvalue weighted by Crippen LogP contribution is 2.23. The number of carbonyl (C=O) groups excluding carboxylic acids is 1. The molecule has 5 nitrogen and oxygen atoms in total. The molecule has 3 aromatic rings. The molecular formula is C22H26ClN4O+. The molecule has 0 unspecified atom stereocenters. The third kappa shape index (κ3) is 4.43. The second-order valence-corrected chi connectivity index (χ2v) is 7.50. The van der Waals surface area contributed by atoms with E-state index in [0.29, 0.717) is 6.54 Å². The van der Waals surface area contributed by atoms with Crippen LogP contribution in [0.15, 0.2) is 48.5 Å². The Kier molecular flexibility index (Phi) is 6.17. The lowest BCUT2D eigenvalue weighted by atomic mass is 10.1. The molecule has 1 aromatic heterocycles. The van der Waals surface area contributed by atoms with Gasteiger partial charge in [-0.3, -0.25) is 4.79 Å². The highest BCUT2D eigenvalue weighted by Gasteiger charge is 2.18. The molecule has 3 rings (SSSR count). The van der Waals surface area contributed by atoms with Crippen molar-refractivity contribution in [3.8, 4) is 5.69 Å². The standard InChI is InChI=1S/C22H25ClN4O/c1-14-9-11-18(12-10-14)27-17(4)22(16(3)26-27)25-21(28)13-24-15(2)19-7-5-6-8-20(19)23/h5-12,15,24H,13H2,1-4H3,(H,25,28)/p+1/t15-/m1/s1. The number of quaternary nitrogens is 1. The number of nitrogens with zero attached hydrogens (tertiary/aromatic N) is 2. The summed E-state index contributed by atoms with van der Waals surface area (Å²) in [4.78, 5) is 12.5. The number of hydrogen-bond acceptors (Lipinski definition) is 2. The summed E-state index contributed by atoms with van der Waals surface area (Å²) in [5, 5.41) is 10.3. The third-order valence-electron chi connectivity index (χ3n) is 4.89. The number of rotatable bonds is 6. The van der Waals surface area contributed by atoms with E-state index in [1.807, 2.05) is 67.2 Å². The maximum atomic E-state index is 12.5. The number of nitrogens with two attached hydrogens (primary N) is 1. The van der Waals surface area contributed by atoms with Gasteiger partial charge in [0.2, 0.25) is 0 Å². The summed E-state index contributed by atoms with van der Waals surface area (Å²) < 4.78 is 1.86. The number of aryl methyl sites for hydroxylation is 2. The van der Waals surface area contributed by atoms with Gasteiger partial charge in [0.25, 0.3) is 5.91 Å². The Labute approximate surface area is 170 Å². The summed E-state index contributed by atoms with van der Waals surface area (Å²) in [6.45, 7) is 8.27. The van der Waals surface area contributed by atoms with Gasteiger partial charge >= 0.3 is 0 Å².